The zero-order valence-corrected chi connectivity index (χ0v) is 11.2. The SMILES string of the molecule is CC1CCCCN1CCC(=O)c1cc(F)cc(F)c1. The Hall–Kier alpha value is -1.29. The molecule has 1 aliphatic heterocycles. The predicted octanol–water partition coefficient (Wildman–Crippen LogP) is 3.41. The fourth-order valence-corrected chi connectivity index (χ4v) is 2.59. The number of ketones is 1. The Bertz CT molecular complexity index is 441. The van der Waals surface area contributed by atoms with Gasteiger partial charge in [0.05, 0.1) is 0 Å². The highest BCUT2D eigenvalue weighted by atomic mass is 19.1. The molecule has 0 aliphatic carbocycles. The van der Waals surface area contributed by atoms with E-state index < -0.39 is 11.6 Å². The van der Waals surface area contributed by atoms with Crippen molar-refractivity contribution >= 4 is 5.78 Å². The summed E-state index contributed by atoms with van der Waals surface area (Å²) in [5, 5.41) is 0. The molecule has 19 heavy (non-hydrogen) atoms. The van der Waals surface area contributed by atoms with Gasteiger partial charge in [0.2, 0.25) is 0 Å². The molecule has 1 heterocycles. The van der Waals surface area contributed by atoms with E-state index in [2.05, 4.69) is 11.8 Å². The Morgan fingerprint density at radius 3 is 2.58 bits per heavy atom. The summed E-state index contributed by atoms with van der Waals surface area (Å²) in [5.74, 6) is -1.60. The molecule has 0 radical (unpaired) electrons. The zero-order valence-electron chi connectivity index (χ0n) is 11.2. The number of likely N-dealkylation sites (tertiary alicyclic amines) is 1. The molecule has 1 atom stereocenters. The first-order valence-corrected chi connectivity index (χ1v) is 6.79. The maximum Gasteiger partial charge on any atom is 0.164 e. The van der Waals surface area contributed by atoms with E-state index in [-0.39, 0.29) is 11.3 Å². The Balaban J connectivity index is 1.93. The van der Waals surface area contributed by atoms with Crippen LogP contribution in [-0.4, -0.2) is 29.8 Å². The predicted molar refractivity (Wildman–Crippen MR) is 70.2 cm³/mol. The topological polar surface area (TPSA) is 20.3 Å². The third-order valence-corrected chi connectivity index (χ3v) is 3.75. The molecule has 4 heteroatoms. The van der Waals surface area contributed by atoms with Crippen LogP contribution < -0.4 is 0 Å². The van der Waals surface area contributed by atoms with Gasteiger partial charge in [0.15, 0.2) is 5.78 Å². The number of piperidine rings is 1. The molecule has 0 spiro atoms. The van der Waals surface area contributed by atoms with Crippen LogP contribution in [0.3, 0.4) is 0 Å². The Kier molecular flexibility index (Phi) is 4.64. The summed E-state index contributed by atoms with van der Waals surface area (Å²) in [4.78, 5) is 14.2. The van der Waals surface area contributed by atoms with Crippen LogP contribution in [0.15, 0.2) is 18.2 Å². The van der Waals surface area contributed by atoms with Gasteiger partial charge in [-0.25, -0.2) is 8.78 Å². The van der Waals surface area contributed by atoms with E-state index in [0.717, 1.165) is 37.6 Å². The number of hydrogen-bond acceptors (Lipinski definition) is 2. The molecule has 1 aromatic rings. The molecule has 1 aromatic carbocycles. The van der Waals surface area contributed by atoms with Gasteiger partial charge in [0.25, 0.3) is 0 Å². The second kappa shape index (κ2) is 6.24. The lowest BCUT2D eigenvalue weighted by atomic mass is 10.0. The first-order valence-electron chi connectivity index (χ1n) is 6.79. The molecule has 2 nitrogen and oxygen atoms in total. The van der Waals surface area contributed by atoms with Crippen LogP contribution >= 0.6 is 0 Å². The van der Waals surface area contributed by atoms with Crippen molar-refractivity contribution in [3.05, 3.63) is 35.4 Å². The Morgan fingerprint density at radius 1 is 1.26 bits per heavy atom. The second-order valence-corrected chi connectivity index (χ2v) is 5.21. The smallest absolute Gasteiger partial charge is 0.164 e. The molecule has 1 fully saturated rings. The molecule has 1 saturated heterocycles. The molecule has 0 aromatic heterocycles. The summed E-state index contributed by atoms with van der Waals surface area (Å²) in [6.45, 7) is 3.83. The maximum absolute atomic E-state index is 13.0. The van der Waals surface area contributed by atoms with E-state index in [4.69, 9.17) is 0 Å². The number of nitrogens with zero attached hydrogens (tertiary/aromatic N) is 1. The van der Waals surface area contributed by atoms with Crippen molar-refractivity contribution < 1.29 is 13.6 Å². The van der Waals surface area contributed by atoms with Crippen LogP contribution in [-0.2, 0) is 0 Å². The van der Waals surface area contributed by atoms with Crippen LogP contribution in [0, 0.1) is 11.6 Å². The third kappa shape index (κ3) is 3.83. The Morgan fingerprint density at radius 2 is 1.95 bits per heavy atom. The van der Waals surface area contributed by atoms with Crippen molar-refractivity contribution in [3.8, 4) is 0 Å². The normalized spacial score (nSPS) is 20.5. The van der Waals surface area contributed by atoms with Gasteiger partial charge in [0.1, 0.15) is 11.6 Å². The highest BCUT2D eigenvalue weighted by Gasteiger charge is 2.19. The van der Waals surface area contributed by atoms with E-state index in [1.165, 1.54) is 6.42 Å². The van der Waals surface area contributed by atoms with Crippen LogP contribution in [0.2, 0.25) is 0 Å². The van der Waals surface area contributed by atoms with Crippen molar-refractivity contribution in [2.75, 3.05) is 13.1 Å². The van der Waals surface area contributed by atoms with Crippen molar-refractivity contribution in [2.45, 2.75) is 38.6 Å². The lowest BCUT2D eigenvalue weighted by Crippen LogP contribution is -2.38. The Labute approximate surface area is 112 Å². The first kappa shape index (κ1) is 14.1. The van der Waals surface area contributed by atoms with Crippen LogP contribution in [0.1, 0.15) is 43.0 Å². The van der Waals surface area contributed by atoms with Crippen LogP contribution in [0.4, 0.5) is 8.78 Å². The molecule has 0 bridgehead atoms. The number of hydrogen-bond donors (Lipinski definition) is 0. The molecule has 0 N–H and O–H groups in total. The lowest BCUT2D eigenvalue weighted by molar-refractivity contribution is 0.0934. The van der Waals surface area contributed by atoms with Gasteiger partial charge >= 0.3 is 0 Å². The van der Waals surface area contributed by atoms with Gasteiger partial charge in [-0.1, -0.05) is 6.42 Å². The minimum Gasteiger partial charge on any atom is -0.300 e. The van der Waals surface area contributed by atoms with Crippen molar-refractivity contribution in [2.24, 2.45) is 0 Å². The van der Waals surface area contributed by atoms with Gasteiger partial charge in [-0.3, -0.25) is 4.79 Å². The molecule has 104 valence electrons. The minimum absolute atomic E-state index is 0.127. The van der Waals surface area contributed by atoms with E-state index in [0.29, 0.717) is 19.0 Å². The molecular weight excluding hydrogens is 248 g/mol. The van der Waals surface area contributed by atoms with Crippen LogP contribution in [0.5, 0.6) is 0 Å². The summed E-state index contributed by atoms with van der Waals surface area (Å²) in [7, 11) is 0. The molecule has 0 amide bonds. The summed E-state index contributed by atoms with van der Waals surface area (Å²) >= 11 is 0. The van der Waals surface area contributed by atoms with Gasteiger partial charge in [0, 0.05) is 30.6 Å². The highest BCUT2D eigenvalue weighted by molar-refractivity contribution is 5.96. The standard InChI is InChI=1S/C15H19F2NO/c1-11-4-2-3-6-18(11)7-5-15(19)12-8-13(16)10-14(17)9-12/h8-11H,2-7H2,1H3. The lowest BCUT2D eigenvalue weighted by Gasteiger charge is -2.33. The summed E-state index contributed by atoms with van der Waals surface area (Å²) in [5.41, 5.74) is 0.127. The van der Waals surface area contributed by atoms with Crippen molar-refractivity contribution in [1.82, 2.24) is 4.90 Å². The number of carbonyl (C=O) groups excluding carboxylic acids is 1. The van der Waals surface area contributed by atoms with Gasteiger partial charge < -0.3 is 4.90 Å². The average Bonchev–Trinajstić information content (AvgIpc) is 2.36. The molecule has 1 aliphatic rings. The third-order valence-electron chi connectivity index (χ3n) is 3.75. The fourth-order valence-electron chi connectivity index (χ4n) is 2.59. The number of carbonyl (C=O) groups is 1. The number of benzene rings is 1. The summed E-state index contributed by atoms with van der Waals surface area (Å²) in [6, 6.07) is 3.48. The van der Waals surface area contributed by atoms with Crippen LogP contribution in [0.25, 0.3) is 0 Å². The minimum atomic E-state index is -0.699. The van der Waals surface area contributed by atoms with E-state index in [9.17, 15) is 13.6 Å². The second-order valence-electron chi connectivity index (χ2n) is 5.21. The number of rotatable bonds is 4. The maximum atomic E-state index is 13.0. The zero-order chi connectivity index (χ0) is 13.8. The van der Waals surface area contributed by atoms with E-state index >= 15 is 0 Å². The molecule has 2 rings (SSSR count). The summed E-state index contributed by atoms with van der Waals surface area (Å²) < 4.78 is 26.1. The van der Waals surface area contributed by atoms with Gasteiger partial charge in [-0.15, -0.1) is 0 Å². The highest BCUT2D eigenvalue weighted by Crippen LogP contribution is 2.17. The number of halogens is 2. The molecule has 0 saturated carbocycles. The average molecular weight is 267 g/mol. The fraction of sp³-hybridized carbons (Fsp3) is 0.533. The number of Topliss-reactive ketones (excluding diaryl/α,β-unsaturated/α-hetero) is 1. The molecular formula is C15H19F2NO. The summed E-state index contributed by atoms with van der Waals surface area (Å²) in [6.07, 6.45) is 3.86. The van der Waals surface area contributed by atoms with Gasteiger partial charge in [-0.05, 0) is 38.4 Å². The van der Waals surface area contributed by atoms with E-state index in [1.54, 1.807) is 0 Å². The van der Waals surface area contributed by atoms with Gasteiger partial charge in [-0.2, -0.15) is 0 Å². The molecule has 1 unspecified atom stereocenters. The largest absolute Gasteiger partial charge is 0.300 e. The quantitative estimate of drug-likeness (QED) is 0.779. The van der Waals surface area contributed by atoms with E-state index in [1.807, 2.05) is 0 Å². The van der Waals surface area contributed by atoms with Crippen molar-refractivity contribution in [1.29, 1.82) is 0 Å². The van der Waals surface area contributed by atoms with Crippen molar-refractivity contribution in [3.63, 3.8) is 0 Å². The first-order chi connectivity index (χ1) is 9.06. The monoisotopic (exact) mass is 267 g/mol.